The van der Waals surface area contributed by atoms with Gasteiger partial charge in [-0.15, -0.1) is 0 Å². The van der Waals surface area contributed by atoms with Crippen molar-refractivity contribution in [3.8, 4) is 0 Å². The first-order chi connectivity index (χ1) is 11.5. The number of halogens is 2. The van der Waals surface area contributed by atoms with Gasteiger partial charge >= 0.3 is 0 Å². The van der Waals surface area contributed by atoms with E-state index >= 15 is 0 Å². The van der Waals surface area contributed by atoms with Crippen molar-refractivity contribution in [2.75, 3.05) is 5.32 Å². The van der Waals surface area contributed by atoms with E-state index in [9.17, 15) is 8.78 Å². The number of hydrogen-bond acceptors (Lipinski definition) is 3. The van der Waals surface area contributed by atoms with Gasteiger partial charge in [0, 0.05) is 54.7 Å². The molecule has 0 aromatic carbocycles. The fourth-order valence-corrected chi connectivity index (χ4v) is 3.10. The normalized spacial score (nSPS) is 18.8. The minimum absolute atomic E-state index is 0.0156. The topological polar surface area (TPSA) is 42.7 Å². The van der Waals surface area contributed by atoms with Gasteiger partial charge in [0.2, 0.25) is 0 Å². The van der Waals surface area contributed by atoms with Gasteiger partial charge in [-0.3, -0.25) is 4.98 Å². The summed E-state index contributed by atoms with van der Waals surface area (Å²) in [5, 5.41) is 4.30. The van der Waals surface area contributed by atoms with E-state index < -0.39 is 11.8 Å². The van der Waals surface area contributed by atoms with Gasteiger partial charge in [-0.25, -0.2) is 13.8 Å². The highest BCUT2D eigenvalue weighted by Crippen LogP contribution is 2.49. The number of aromatic nitrogens is 3. The number of nitrogens with zero attached hydrogens (tertiary/aromatic N) is 3. The van der Waals surface area contributed by atoms with Gasteiger partial charge in [-0.1, -0.05) is 0 Å². The lowest BCUT2D eigenvalue weighted by Crippen LogP contribution is -2.04. The molecule has 1 saturated carbocycles. The average Bonchev–Trinajstić information content (AvgIpc) is 2.94. The van der Waals surface area contributed by atoms with Crippen molar-refractivity contribution in [1.29, 1.82) is 0 Å². The molecule has 3 aromatic rings. The van der Waals surface area contributed by atoms with Crippen LogP contribution in [0.3, 0.4) is 0 Å². The zero-order valence-corrected chi connectivity index (χ0v) is 13.6. The number of rotatable bonds is 4. The van der Waals surface area contributed by atoms with Crippen molar-refractivity contribution >= 4 is 22.4 Å². The molecule has 4 rings (SSSR count). The van der Waals surface area contributed by atoms with E-state index in [0.717, 1.165) is 33.5 Å². The minimum Gasteiger partial charge on any atom is -0.347 e. The lowest BCUT2D eigenvalue weighted by Gasteiger charge is -2.12. The number of fused-ring (bicyclic) bond motifs is 1. The highest BCUT2D eigenvalue weighted by Gasteiger charge is 2.56. The van der Waals surface area contributed by atoms with Crippen LogP contribution >= 0.6 is 0 Å². The van der Waals surface area contributed by atoms with Gasteiger partial charge in [-0.05, 0) is 37.1 Å². The van der Waals surface area contributed by atoms with Crippen LogP contribution in [0.5, 0.6) is 0 Å². The lowest BCUT2D eigenvalue weighted by atomic mass is 10.1. The lowest BCUT2D eigenvalue weighted by molar-refractivity contribution is 0.0954. The van der Waals surface area contributed by atoms with Crippen LogP contribution in [0.25, 0.3) is 10.9 Å². The van der Waals surface area contributed by atoms with Crippen LogP contribution in [0.15, 0.2) is 36.9 Å². The first-order valence-electron chi connectivity index (χ1n) is 7.95. The minimum atomic E-state index is -2.50. The molecule has 1 atom stereocenters. The van der Waals surface area contributed by atoms with Crippen LogP contribution in [0.4, 0.5) is 20.3 Å². The van der Waals surface area contributed by atoms with E-state index in [-0.39, 0.29) is 6.42 Å². The molecule has 0 aliphatic heterocycles. The first-order valence-corrected chi connectivity index (χ1v) is 7.95. The van der Waals surface area contributed by atoms with Crippen molar-refractivity contribution in [2.24, 2.45) is 5.92 Å². The summed E-state index contributed by atoms with van der Waals surface area (Å²) in [5.41, 5.74) is 3.96. The first kappa shape index (κ1) is 15.1. The predicted molar refractivity (Wildman–Crippen MR) is 89.8 cm³/mol. The van der Waals surface area contributed by atoms with Crippen LogP contribution in [0.1, 0.15) is 17.5 Å². The second-order valence-corrected chi connectivity index (χ2v) is 6.50. The summed E-state index contributed by atoms with van der Waals surface area (Å²) >= 11 is 0. The van der Waals surface area contributed by atoms with Crippen molar-refractivity contribution < 1.29 is 8.78 Å². The monoisotopic (exact) mass is 328 g/mol. The predicted octanol–water partition coefficient (Wildman–Crippen LogP) is 4.45. The zero-order valence-electron chi connectivity index (χ0n) is 13.6. The van der Waals surface area contributed by atoms with Crippen LogP contribution < -0.4 is 5.32 Å². The van der Waals surface area contributed by atoms with E-state index in [0.29, 0.717) is 6.54 Å². The maximum atomic E-state index is 13.2. The molecule has 0 saturated heterocycles. The summed E-state index contributed by atoms with van der Waals surface area (Å²) < 4.78 is 28.3. The summed E-state index contributed by atoms with van der Waals surface area (Å²) in [6, 6.07) is 3.80. The molecule has 3 heterocycles. The van der Waals surface area contributed by atoms with Gasteiger partial charge in [-0.2, -0.15) is 0 Å². The van der Waals surface area contributed by atoms with Crippen molar-refractivity contribution in [3.05, 3.63) is 48.0 Å². The summed E-state index contributed by atoms with van der Waals surface area (Å²) in [5.74, 6) is -2.33. The molecule has 1 N–H and O–H groups in total. The average molecular weight is 328 g/mol. The van der Waals surface area contributed by atoms with E-state index in [1.54, 1.807) is 18.6 Å². The molecular weight excluding hydrogens is 310 g/mol. The van der Waals surface area contributed by atoms with E-state index in [1.807, 2.05) is 36.7 Å². The third-order valence-corrected chi connectivity index (χ3v) is 4.64. The summed E-state index contributed by atoms with van der Waals surface area (Å²) in [7, 11) is 0. The third-order valence-electron chi connectivity index (χ3n) is 4.64. The molecule has 1 aliphatic carbocycles. The highest BCUT2D eigenvalue weighted by atomic mass is 19.3. The summed E-state index contributed by atoms with van der Waals surface area (Å²) in [6.07, 6.45) is 7.15. The molecule has 1 aliphatic rings. The molecular formula is C18H18F2N4. The van der Waals surface area contributed by atoms with Crippen LogP contribution in [-0.4, -0.2) is 20.5 Å². The standard InChI is InChI=1S/C18H18F2N4/c1-11-8-21-9-12(2)16(11)23-17-14-4-6-24(15(14)3-5-22-17)10-13-7-18(13,19)20/h3-6,8-9,13H,7,10H2,1-2H3,(H,21,22,23). The molecule has 3 aromatic heterocycles. The second kappa shape index (κ2) is 5.26. The molecule has 1 fully saturated rings. The van der Waals surface area contributed by atoms with Gasteiger partial charge < -0.3 is 9.88 Å². The second-order valence-electron chi connectivity index (χ2n) is 6.50. The Balaban J connectivity index is 1.69. The molecule has 1 unspecified atom stereocenters. The molecule has 0 spiro atoms. The number of aryl methyl sites for hydroxylation is 2. The number of alkyl halides is 2. The molecule has 0 bridgehead atoms. The Hall–Kier alpha value is -2.50. The summed E-state index contributed by atoms with van der Waals surface area (Å²) in [6.45, 7) is 4.32. The van der Waals surface area contributed by atoms with E-state index in [2.05, 4.69) is 15.3 Å². The smallest absolute Gasteiger partial charge is 0.253 e. The third kappa shape index (κ3) is 2.52. The van der Waals surface area contributed by atoms with Crippen molar-refractivity contribution in [1.82, 2.24) is 14.5 Å². The number of hydrogen-bond donors (Lipinski definition) is 1. The van der Waals surface area contributed by atoms with Gasteiger partial charge in [0.1, 0.15) is 5.82 Å². The maximum Gasteiger partial charge on any atom is 0.253 e. The zero-order chi connectivity index (χ0) is 16.9. The molecule has 0 amide bonds. The molecule has 4 nitrogen and oxygen atoms in total. The molecule has 24 heavy (non-hydrogen) atoms. The summed E-state index contributed by atoms with van der Waals surface area (Å²) in [4.78, 5) is 8.60. The van der Waals surface area contributed by atoms with Gasteiger partial charge in [0.05, 0.1) is 5.52 Å². The van der Waals surface area contributed by atoms with Crippen LogP contribution in [0, 0.1) is 19.8 Å². The van der Waals surface area contributed by atoms with Gasteiger partial charge in [0.25, 0.3) is 5.92 Å². The SMILES string of the molecule is Cc1cncc(C)c1Nc1nccc2c1ccn2CC1CC1(F)F. The molecule has 124 valence electrons. The Morgan fingerprint density at radius 2 is 1.96 bits per heavy atom. The highest BCUT2D eigenvalue weighted by molar-refractivity contribution is 5.92. The van der Waals surface area contributed by atoms with E-state index in [4.69, 9.17) is 0 Å². The Kier molecular flexibility index (Phi) is 3.30. The van der Waals surface area contributed by atoms with Gasteiger partial charge in [0.15, 0.2) is 0 Å². The number of pyridine rings is 2. The van der Waals surface area contributed by atoms with Crippen LogP contribution in [-0.2, 0) is 6.54 Å². The Labute approximate surface area is 138 Å². The Morgan fingerprint density at radius 1 is 1.25 bits per heavy atom. The number of nitrogens with one attached hydrogen (secondary N) is 1. The Morgan fingerprint density at radius 3 is 2.62 bits per heavy atom. The fourth-order valence-electron chi connectivity index (χ4n) is 3.10. The van der Waals surface area contributed by atoms with Crippen molar-refractivity contribution in [3.63, 3.8) is 0 Å². The van der Waals surface area contributed by atoms with Crippen molar-refractivity contribution in [2.45, 2.75) is 32.7 Å². The number of anilines is 2. The largest absolute Gasteiger partial charge is 0.347 e. The van der Waals surface area contributed by atoms with E-state index in [1.165, 1.54) is 0 Å². The quantitative estimate of drug-likeness (QED) is 0.769. The fraction of sp³-hybridized carbons (Fsp3) is 0.333. The Bertz CT molecular complexity index is 896. The van der Waals surface area contributed by atoms with Crippen LogP contribution in [0.2, 0.25) is 0 Å². The molecule has 6 heteroatoms. The molecule has 0 radical (unpaired) electrons. The maximum absolute atomic E-state index is 13.2.